The summed E-state index contributed by atoms with van der Waals surface area (Å²) in [7, 11) is 1.93. The van der Waals surface area contributed by atoms with Crippen LogP contribution in [0.5, 0.6) is 0 Å². The number of hydrogen-bond donors (Lipinski definition) is 2. The largest absolute Gasteiger partial charge is 0.390 e. The van der Waals surface area contributed by atoms with Gasteiger partial charge in [0.1, 0.15) is 5.82 Å². The van der Waals surface area contributed by atoms with Crippen LogP contribution in [0.4, 0.5) is 0 Å². The minimum absolute atomic E-state index is 0.0367. The third kappa shape index (κ3) is 2.40. The summed E-state index contributed by atoms with van der Waals surface area (Å²) in [6, 6.07) is 7.85. The van der Waals surface area contributed by atoms with E-state index in [4.69, 9.17) is 0 Å². The lowest BCUT2D eigenvalue weighted by Crippen LogP contribution is -2.33. The minimum atomic E-state index is -0.777. The summed E-state index contributed by atoms with van der Waals surface area (Å²) in [6.07, 6.45) is -1.13. The molecular weight excluding hydrogens is 228 g/mol. The van der Waals surface area contributed by atoms with Gasteiger partial charge in [-0.1, -0.05) is 26.0 Å². The van der Waals surface area contributed by atoms with Crippen LogP contribution in [-0.4, -0.2) is 32.0 Å². The van der Waals surface area contributed by atoms with Crippen molar-refractivity contribution in [1.29, 1.82) is 0 Å². The van der Waals surface area contributed by atoms with Crippen molar-refractivity contribution < 1.29 is 10.2 Å². The highest BCUT2D eigenvalue weighted by Gasteiger charge is 2.22. The molecule has 4 nitrogen and oxygen atoms in total. The Bertz CT molecular complexity index is 534. The Morgan fingerprint density at radius 3 is 2.50 bits per heavy atom. The zero-order valence-electron chi connectivity index (χ0n) is 11.0. The first-order valence-corrected chi connectivity index (χ1v) is 6.27. The van der Waals surface area contributed by atoms with Crippen molar-refractivity contribution >= 4 is 11.0 Å². The lowest BCUT2D eigenvalue weighted by molar-refractivity contribution is -0.00852. The molecule has 0 saturated heterocycles. The Labute approximate surface area is 107 Å². The van der Waals surface area contributed by atoms with Crippen molar-refractivity contribution in [3.63, 3.8) is 0 Å². The van der Waals surface area contributed by atoms with E-state index < -0.39 is 12.2 Å². The zero-order valence-corrected chi connectivity index (χ0v) is 11.0. The Kier molecular flexibility index (Phi) is 3.68. The Balaban J connectivity index is 2.24. The molecule has 2 rings (SSSR count). The van der Waals surface area contributed by atoms with Crippen LogP contribution in [0.2, 0.25) is 0 Å². The molecule has 2 N–H and O–H groups in total. The number of benzene rings is 1. The molecule has 2 unspecified atom stereocenters. The number of para-hydroxylation sites is 2. The number of aliphatic hydroxyl groups is 2. The van der Waals surface area contributed by atoms with Gasteiger partial charge in [-0.25, -0.2) is 4.98 Å². The minimum Gasteiger partial charge on any atom is -0.390 e. The van der Waals surface area contributed by atoms with Gasteiger partial charge in [0.15, 0.2) is 0 Å². The lowest BCUT2D eigenvalue weighted by Gasteiger charge is -2.20. The van der Waals surface area contributed by atoms with E-state index >= 15 is 0 Å². The van der Waals surface area contributed by atoms with Crippen LogP contribution in [0.15, 0.2) is 24.3 Å². The smallest absolute Gasteiger partial charge is 0.112 e. The highest BCUT2D eigenvalue weighted by Crippen LogP contribution is 2.17. The van der Waals surface area contributed by atoms with E-state index in [9.17, 15) is 10.2 Å². The maximum absolute atomic E-state index is 9.99. The summed E-state index contributed by atoms with van der Waals surface area (Å²) >= 11 is 0. The van der Waals surface area contributed by atoms with Crippen LogP contribution >= 0.6 is 0 Å². The molecule has 1 aromatic carbocycles. The molecule has 0 fully saturated rings. The van der Waals surface area contributed by atoms with Crippen LogP contribution in [0.1, 0.15) is 19.7 Å². The average molecular weight is 248 g/mol. The molecule has 2 atom stereocenters. The Hall–Kier alpha value is -1.39. The maximum Gasteiger partial charge on any atom is 0.112 e. The summed E-state index contributed by atoms with van der Waals surface area (Å²) < 4.78 is 1.96. The normalized spacial score (nSPS) is 15.2. The quantitative estimate of drug-likeness (QED) is 0.862. The van der Waals surface area contributed by atoms with E-state index in [1.165, 1.54) is 0 Å². The fraction of sp³-hybridized carbons (Fsp3) is 0.500. The molecule has 1 heterocycles. The van der Waals surface area contributed by atoms with Crippen LogP contribution in [0.3, 0.4) is 0 Å². The molecule has 18 heavy (non-hydrogen) atoms. The highest BCUT2D eigenvalue weighted by atomic mass is 16.3. The number of aromatic nitrogens is 2. The summed E-state index contributed by atoms with van der Waals surface area (Å²) in [5, 5.41) is 19.8. The topological polar surface area (TPSA) is 58.3 Å². The van der Waals surface area contributed by atoms with Crippen LogP contribution < -0.4 is 0 Å². The van der Waals surface area contributed by atoms with E-state index in [-0.39, 0.29) is 5.92 Å². The molecule has 0 amide bonds. The molecule has 0 spiro atoms. The van der Waals surface area contributed by atoms with Crippen molar-refractivity contribution in [2.45, 2.75) is 32.5 Å². The van der Waals surface area contributed by atoms with Crippen molar-refractivity contribution in [3.05, 3.63) is 30.1 Å². The van der Waals surface area contributed by atoms with E-state index in [0.717, 1.165) is 16.9 Å². The summed E-state index contributed by atoms with van der Waals surface area (Å²) in [4.78, 5) is 4.49. The maximum atomic E-state index is 9.99. The second kappa shape index (κ2) is 5.08. The van der Waals surface area contributed by atoms with Crippen molar-refractivity contribution in [1.82, 2.24) is 9.55 Å². The third-order valence-corrected chi connectivity index (χ3v) is 3.35. The molecule has 0 aliphatic carbocycles. The highest BCUT2D eigenvalue weighted by molar-refractivity contribution is 5.75. The summed E-state index contributed by atoms with van der Waals surface area (Å²) in [5.74, 6) is 0.832. The van der Waals surface area contributed by atoms with E-state index in [0.29, 0.717) is 6.42 Å². The van der Waals surface area contributed by atoms with Gasteiger partial charge in [0, 0.05) is 13.5 Å². The summed E-state index contributed by atoms with van der Waals surface area (Å²) in [5.41, 5.74) is 1.96. The van der Waals surface area contributed by atoms with E-state index in [2.05, 4.69) is 4.98 Å². The van der Waals surface area contributed by atoms with Gasteiger partial charge in [-0.15, -0.1) is 0 Å². The van der Waals surface area contributed by atoms with Crippen LogP contribution in [0.25, 0.3) is 11.0 Å². The molecular formula is C14H20N2O2. The monoisotopic (exact) mass is 248 g/mol. The van der Waals surface area contributed by atoms with Gasteiger partial charge in [-0.3, -0.25) is 0 Å². The lowest BCUT2D eigenvalue weighted by atomic mass is 9.99. The molecule has 1 aromatic heterocycles. The molecule has 0 aliphatic rings. The standard InChI is InChI=1S/C14H20N2O2/c1-9(2)14(18)12(17)8-13-15-10-6-4-5-7-11(10)16(13)3/h4-7,9,12,14,17-18H,8H2,1-3H3. The Morgan fingerprint density at radius 2 is 1.89 bits per heavy atom. The molecule has 4 heteroatoms. The van der Waals surface area contributed by atoms with Gasteiger partial charge in [0.25, 0.3) is 0 Å². The molecule has 0 saturated carbocycles. The first kappa shape index (κ1) is 13.1. The number of nitrogens with zero attached hydrogens (tertiary/aromatic N) is 2. The predicted molar refractivity (Wildman–Crippen MR) is 71.3 cm³/mol. The number of rotatable bonds is 4. The Morgan fingerprint density at radius 1 is 1.22 bits per heavy atom. The molecule has 0 bridgehead atoms. The zero-order chi connectivity index (χ0) is 13.3. The fourth-order valence-electron chi connectivity index (χ4n) is 2.13. The fourth-order valence-corrected chi connectivity index (χ4v) is 2.13. The second-order valence-electron chi connectivity index (χ2n) is 5.08. The predicted octanol–water partition coefficient (Wildman–Crippen LogP) is 1.49. The summed E-state index contributed by atoms with van der Waals surface area (Å²) in [6.45, 7) is 3.78. The van der Waals surface area contributed by atoms with E-state index in [1.54, 1.807) is 0 Å². The molecule has 0 aliphatic heterocycles. The number of hydrogen-bond acceptors (Lipinski definition) is 3. The van der Waals surface area contributed by atoms with Gasteiger partial charge < -0.3 is 14.8 Å². The van der Waals surface area contributed by atoms with Gasteiger partial charge in [0.05, 0.1) is 23.2 Å². The number of aliphatic hydroxyl groups excluding tert-OH is 2. The van der Waals surface area contributed by atoms with Crippen LogP contribution in [-0.2, 0) is 13.5 Å². The van der Waals surface area contributed by atoms with Crippen molar-refractivity contribution in [2.75, 3.05) is 0 Å². The van der Waals surface area contributed by atoms with Crippen LogP contribution in [0, 0.1) is 5.92 Å². The average Bonchev–Trinajstić information content (AvgIpc) is 2.66. The molecule has 98 valence electrons. The second-order valence-corrected chi connectivity index (χ2v) is 5.08. The molecule has 0 radical (unpaired) electrons. The molecule has 2 aromatic rings. The first-order chi connectivity index (χ1) is 8.50. The number of aryl methyl sites for hydroxylation is 1. The first-order valence-electron chi connectivity index (χ1n) is 6.27. The SMILES string of the molecule is CC(C)C(O)C(O)Cc1nc2ccccc2n1C. The van der Waals surface area contributed by atoms with Gasteiger partial charge in [0.2, 0.25) is 0 Å². The van der Waals surface area contributed by atoms with Crippen molar-refractivity contribution in [2.24, 2.45) is 13.0 Å². The van der Waals surface area contributed by atoms with Gasteiger partial charge >= 0.3 is 0 Å². The van der Waals surface area contributed by atoms with E-state index in [1.807, 2.05) is 49.7 Å². The third-order valence-electron chi connectivity index (χ3n) is 3.35. The number of imidazole rings is 1. The van der Waals surface area contributed by atoms with Gasteiger partial charge in [-0.05, 0) is 18.1 Å². The number of fused-ring (bicyclic) bond motifs is 1. The van der Waals surface area contributed by atoms with Gasteiger partial charge in [-0.2, -0.15) is 0 Å². The van der Waals surface area contributed by atoms with Crippen molar-refractivity contribution in [3.8, 4) is 0 Å².